The average Bonchev–Trinajstić information content (AvgIpc) is 2.77. The molecule has 1 heterocycles. The Morgan fingerprint density at radius 3 is 2.56 bits per heavy atom. The SMILES string of the molecule is CC(C)c1ncc(C(=O)NC(CCO)C(C)C)s1. The monoisotopic (exact) mass is 270 g/mol. The molecule has 0 aromatic carbocycles. The van der Waals surface area contributed by atoms with Gasteiger partial charge in [0, 0.05) is 18.6 Å². The summed E-state index contributed by atoms with van der Waals surface area (Å²) < 4.78 is 0. The van der Waals surface area contributed by atoms with Crippen LogP contribution >= 0.6 is 11.3 Å². The predicted molar refractivity (Wildman–Crippen MR) is 74.0 cm³/mol. The Hall–Kier alpha value is -0.940. The van der Waals surface area contributed by atoms with Crippen molar-refractivity contribution in [3.8, 4) is 0 Å². The Kier molecular flexibility index (Phi) is 5.75. The molecule has 1 rings (SSSR count). The van der Waals surface area contributed by atoms with Gasteiger partial charge in [-0.15, -0.1) is 11.3 Å². The van der Waals surface area contributed by atoms with Gasteiger partial charge in [-0.25, -0.2) is 4.98 Å². The van der Waals surface area contributed by atoms with Gasteiger partial charge in [0.25, 0.3) is 5.91 Å². The van der Waals surface area contributed by atoms with Crippen LogP contribution in [0.5, 0.6) is 0 Å². The molecule has 0 aliphatic heterocycles. The van der Waals surface area contributed by atoms with Crippen LogP contribution < -0.4 is 5.32 Å². The number of hydrogen-bond acceptors (Lipinski definition) is 4. The van der Waals surface area contributed by atoms with Gasteiger partial charge in [-0.2, -0.15) is 0 Å². The quantitative estimate of drug-likeness (QED) is 0.834. The smallest absolute Gasteiger partial charge is 0.263 e. The largest absolute Gasteiger partial charge is 0.396 e. The number of hydrogen-bond donors (Lipinski definition) is 2. The van der Waals surface area contributed by atoms with Crippen molar-refractivity contribution in [1.29, 1.82) is 0 Å². The summed E-state index contributed by atoms with van der Waals surface area (Å²) in [4.78, 5) is 16.9. The number of aliphatic hydroxyl groups excluding tert-OH is 1. The first-order valence-electron chi connectivity index (χ1n) is 6.33. The average molecular weight is 270 g/mol. The number of nitrogens with one attached hydrogen (secondary N) is 1. The minimum absolute atomic E-state index is 0.00657. The van der Waals surface area contributed by atoms with Crippen LogP contribution in [0.2, 0.25) is 0 Å². The van der Waals surface area contributed by atoms with Gasteiger partial charge in [-0.1, -0.05) is 27.7 Å². The minimum Gasteiger partial charge on any atom is -0.396 e. The van der Waals surface area contributed by atoms with Crippen molar-refractivity contribution < 1.29 is 9.90 Å². The lowest BCUT2D eigenvalue weighted by atomic mass is 10.0. The molecule has 18 heavy (non-hydrogen) atoms. The second kappa shape index (κ2) is 6.85. The lowest BCUT2D eigenvalue weighted by Gasteiger charge is -2.20. The second-order valence-electron chi connectivity index (χ2n) is 5.05. The van der Waals surface area contributed by atoms with E-state index >= 15 is 0 Å². The molecule has 1 amide bonds. The van der Waals surface area contributed by atoms with E-state index in [-0.39, 0.29) is 18.6 Å². The molecule has 4 nitrogen and oxygen atoms in total. The van der Waals surface area contributed by atoms with E-state index in [9.17, 15) is 4.79 Å². The van der Waals surface area contributed by atoms with Crippen molar-refractivity contribution in [2.24, 2.45) is 5.92 Å². The predicted octanol–water partition coefficient (Wildman–Crippen LogP) is 2.40. The summed E-state index contributed by atoms with van der Waals surface area (Å²) >= 11 is 1.44. The van der Waals surface area contributed by atoms with Gasteiger partial charge in [-0.3, -0.25) is 4.79 Å². The summed E-state index contributed by atoms with van der Waals surface area (Å²) in [6, 6.07) is 0.00657. The number of thiazole rings is 1. The van der Waals surface area contributed by atoms with E-state index in [0.717, 1.165) is 5.01 Å². The molecule has 1 aromatic rings. The Bertz CT molecular complexity index is 388. The Morgan fingerprint density at radius 2 is 2.11 bits per heavy atom. The molecule has 0 saturated heterocycles. The van der Waals surface area contributed by atoms with Gasteiger partial charge in [0.1, 0.15) is 4.88 Å². The van der Waals surface area contributed by atoms with Crippen molar-refractivity contribution in [2.45, 2.75) is 46.1 Å². The third kappa shape index (κ3) is 4.07. The maximum Gasteiger partial charge on any atom is 0.263 e. The molecule has 1 unspecified atom stereocenters. The van der Waals surface area contributed by atoms with Gasteiger partial charge in [0.15, 0.2) is 0 Å². The Labute approximate surface area is 112 Å². The number of nitrogens with zero attached hydrogens (tertiary/aromatic N) is 1. The van der Waals surface area contributed by atoms with Crippen LogP contribution in [0.3, 0.4) is 0 Å². The van der Waals surface area contributed by atoms with Crippen molar-refractivity contribution in [3.05, 3.63) is 16.1 Å². The molecular weight excluding hydrogens is 248 g/mol. The van der Waals surface area contributed by atoms with E-state index < -0.39 is 0 Å². The molecule has 1 atom stereocenters. The van der Waals surface area contributed by atoms with Crippen LogP contribution in [-0.2, 0) is 0 Å². The molecule has 2 N–H and O–H groups in total. The van der Waals surface area contributed by atoms with Crippen molar-refractivity contribution in [3.63, 3.8) is 0 Å². The summed E-state index contributed by atoms with van der Waals surface area (Å²) in [6.45, 7) is 8.27. The standard InChI is InChI=1S/C13H22N2O2S/c1-8(2)10(5-6-16)15-12(17)11-7-14-13(18-11)9(3)4/h7-10,16H,5-6H2,1-4H3,(H,15,17). The van der Waals surface area contributed by atoms with E-state index in [1.165, 1.54) is 11.3 Å². The topological polar surface area (TPSA) is 62.2 Å². The molecule has 0 spiro atoms. The maximum atomic E-state index is 12.0. The normalized spacial score (nSPS) is 13.1. The van der Waals surface area contributed by atoms with Gasteiger partial charge >= 0.3 is 0 Å². The Morgan fingerprint density at radius 1 is 1.44 bits per heavy atom. The number of carbonyl (C=O) groups is 1. The fourth-order valence-electron chi connectivity index (χ4n) is 1.61. The third-order valence-corrected chi connectivity index (χ3v) is 4.10. The van der Waals surface area contributed by atoms with Crippen LogP contribution in [0.1, 0.15) is 54.7 Å². The van der Waals surface area contributed by atoms with Gasteiger partial charge in [-0.05, 0) is 12.3 Å². The molecule has 0 radical (unpaired) electrons. The summed E-state index contributed by atoms with van der Waals surface area (Å²) in [7, 11) is 0. The first-order valence-corrected chi connectivity index (χ1v) is 7.14. The van der Waals surface area contributed by atoms with Gasteiger partial charge < -0.3 is 10.4 Å². The zero-order chi connectivity index (χ0) is 13.7. The molecule has 0 aliphatic carbocycles. The number of rotatable bonds is 6. The van der Waals surface area contributed by atoms with E-state index in [4.69, 9.17) is 5.11 Å². The lowest BCUT2D eigenvalue weighted by molar-refractivity contribution is 0.0920. The summed E-state index contributed by atoms with van der Waals surface area (Å²) in [6.07, 6.45) is 2.21. The van der Waals surface area contributed by atoms with Crippen LogP contribution in [-0.4, -0.2) is 28.6 Å². The highest BCUT2D eigenvalue weighted by Gasteiger charge is 2.18. The van der Waals surface area contributed by atoms with E-state index in [1.807, 2.05) is 13.8 Å². The summed E-state index contributed by atoms with van der Waals surface area (Å²) in [5.41, 5.74) is 0. The molecule has 0 fully saturated rings. The van der Waals surface area contributed by atoms with Crippen LogP contribution in [0.15, 0.2) is 6.20 Å². The number of carbonyl (C=O) groups excluding carboxylic acids is 1. The second-order valence-corrected chi connectivity index (χ2v) is 6.12. The third-order valence-electron chi connectivity index (χ3n) is 2.80. The molecule has 5 heteroatoms. The summed E-state index contributed by atoms with van der Waals surface area (Å²) in [5, 5.41) is 12.9. The number of aliphatic hydroxyl groups is 1. The fraction of sp³-hybridized carbons (Fsp3) is 0.692. The van der Waals surface area contributed by atoms with E-state index in [1.54, 1.807) is 6.20 Å². The van der Waals surface area contributed by atoms with Crippen molar-refractivity contribution in [1.82, 2.24) is 10.3 Å². The van der Waals surface area contributed by atoms with Gasteiger partial charge in [0.2, 0.25) is 0 Å². The zero-order valence-corrected chi connectivity index (χ0v) is 12.3. The molecule has 0 bridgehead atoms. The fourth-order valence-corrected chi connectivity index (χ4v) is 2.43. The molecule has 0 aliphatic rings. The maximum absolute atomic E-state index is 12.0. The molecule has 0 saturated carbocycles. The Balaban J connectivity index is 2.68. The van der Waals surface area contributed by atoms with Crippen LogP contribution in [0.25, 0.3) is 0 Å². The summed E-state index contributed by atoms with van der Waals surface area (Å²) in [5.74, 6) is 0.556. The van der Waals surface area contributed by atoms with E-state index in [0.29, 0.717) is 23.1 Å². The number of aromatic nitrogens is 1. The zero-order valence-electron chi connectivity index (χ0n) is 11.4. The van der Waals surface area contributed by atoms with Crippen molar-refractivity contribution >= 4 is 17.2 Å². The molecule has 1 aromatic heterocycles. The highest BCUT2D eigenvalue weighted by Crippen LogP contribution is 2.21. The minimum atomic E-state index is -0.0912. The molecule has 102 valence electrons. The first-order chi connectivity index (χ1) is 8.45. The lowest BCUT2D eigenvalue weighted by Crippen LogP contribution is -2.38. The van der Waals surface area contributed by atoms with E-state index in [2.05, 4.69) is 24.1 Å². The highest BCUT2D eigenvalue weighted by molar-refractivity contribution is 7.13. The van der Waals surface area contributed by atoms with Crippen molar-refractivity contribution in [2.75, 3.05) is 6.61 Å². The van der Waals surface area contributed by atoms with Gasteiger partial charge in [0.05, 0.1) is 11.2 Å². The number of amides is 1. The molecular formula is C13H22N2O2S. The highest BCUT2D eigenvalue weighted by atomic mass is 32.1. The first kappa shape index (κ1) is 15.1. The van der Waals surface area contributed by atoms with Crippen LogP contribution in [0.4, 0.5) is 0 Å². The van der Waals surface area contributed by atoms with Crippen LogP contribution in [0, 0.1) is 5.92 Å².